The molecule has 2 rings (SSSR count). The molecule has 1 unspecified atom stereocenters. The van der Waals surface area contributed by atoms with Gasteiger partial charge >= 0.3 is 5.97 Å². The van der Waals surface area contributed by atoms with Gasteiger partial charge in [0.1, 0.15) is 5.82 Å². The Bertz CT molecular complexity index is 522. The predicted octanol–water partition coefficient (Wildman–Crippen LogP) is 1.40. The van der Waals surface area contributed by atoms with E-state index in [4.69, 9.17) is 21.4 Å². The lowest BCUT2D eigenvalue weighted by molar-refractivity contribution is -0.147. The van der Waals surface area contributed by atoms with Crippen LogP contribution < -0.4 is 0 Å². The van der Waals surface area contributed by atoms with E-state index in [-0.39, 0.29) is 30.3 Å². The van der Waals surface area contributed by atoms with Crippen molar-refractivity contribution in [2.75, 3.05) is 19.8 Å². The van der Waals surface area contributed by atoms with Crippen molar-refractivity contribution in [2.24, 2.45) is 0 Å². The zero-order valence-corrected chi connectivity index (χ0v) is 10.6. The van der Waals surface area contributed by atoms with E-state index < -0.39 is 23.7 Å². The third-order valence-electron chi connectivity index (χ3n) is 2.84. The fourth-order valence-corrected chi connectivity index (χ4v) is 2.03. The molecular weight excluding hydrogens is 277 g/mol. The summed E-state index contributed by atoms with van der Waals surface area (Å²) in [7, 11) is 0. The molecule has 19 heavy (non-hydrogen) atoms. The first-order valence-corrected chi connectivity index (χ1v) is 5.95. The van der Waals surface area contributed by atoms with Crippen molar-refractivity contribution in [3.8, 4) is 0 Å². The van der Waals surface area contributed by atoms with Gasteiger partial charge in [0.15, 0.2) is 6.04 Å². The minimum absolute atomic E-state index is 0.101. The van der Waals surface area contributed by atoms with Crippen molar-refractivity contribution in [1.82, 2.24) is 4.90 Å². The van der Waals surface area contributed by atoms with Gasteiger partial charge in [-0.05, 0) is 18.2 Å². The molecule has 7 heteroatoms. The summed E-state index contributed by atoms with van der Waals surface area (Å²) < 4.78 is 18.7. The van der Waals surface area contributed by atoms with Gasteiger partial charge in [-0.2, -0.15) is 0 Å². The van der Waals surface area contributed by atoms with Gasteiger partial charge < -0.3 is 14.7 Å². The minimum Gasteiger partial charge on any atom is -0.480 e. The van der Waals surface area contributed by atoms with Crippen LogP contribution in [-0.4, -0.2) is 47.7 Å². The predicted molar refractivity (Wildman–Crippen MR) is 64.7 cm³/mol. The van der Waals surface area contributed by atoms with Gasteiger partial charge in [-0.15, -0.1) is 0 Å². The number of carboxylic acid groups (broad SMARTS) is 1. The number of amides is 1. The number of nitrogens with zero attached hydrogens (tertiary/aromatic N) is 1. The smallest absolute Gasteiger partial charge is 0.328 e. The van der Waals surface area contributed by atoms with Crippen LogP contribution >= 0.6 is 11.6 Å². The Hall–Kier alpha value is -1.66. The van der Waals surface area contributed by atoms with Crippen LogP contribution in [0.1, 0.15) is 10.4 Å². The number of ether oxygens (including phenoxy) is 1. The summed E-state index contributed by atoms with van der Waals surface area (Å²) in [5.41, 5.74) is -0.197. The average molecular weight is 288 g/mol. The Kier molecular flexibility index (Phi) is 4.01. The second-order valence-corrected chi connectivity index (χ2v) is 4.49. The van der Waals surface area contributed by atoms with Gasteiger partial charge in [-0.25, -0.2) is 9.18 Å². The number of benzene rings is 1. The highest BCUT2D eigenvalue weighted by Crippen LogP contribution is 2.18. The summed E-state index contributed by atoms with van der Waals surface area (Å²) in [4.78, 5) is 24.3. The van der Waals surface area contributed by atoms with Gasteiger partial charge in [0, 0.05) is 11.6 Å². The summed E-state index contributed by atoms with van der Waals surface area (Å²) in [6.07, 6.45) is 0. The molecule has 0 spiro atoms. The maximum atomic E-state index is 13.7. The van der Waals surface area contributed by atoms with Gasteiger partial charge in [0.25, 0.3) is 5.91 Å². The van der Waals surface area contributed by atoms with Crippen molar-refractivity contribution < 1.29 is 23.8 Å². The van der Waals surface area contributed by atoms with E-state index in [9.17, 15) is 14.0 Å². The standard InChI is InChI=1S/C12H11ClFNO4/c13-7-1-2-8(9(14)5-7)11(16)15-3-4-19-6-10(15)12(17)18/h1-2,5,10H,3-4,6H2,(H,17,18). The Balaban J connectivity index is 2.28. The minimum atomic E-state index is -1.18. The Morgan fingerprint density at radius 1 is 1.47 bits per heavy atom. The first kappa shape index (κ1) is 13.8. The monoisotopic (exact) mass is 287 g/mol. The number of carbonyl (C=O) groups excluding carboxylic acids is 1. The van der Waals surface area contributed by atoms with E-state index in [0.29, 0.717) is 0 Å². The molecule has 1 aromatic rings. The lowest BCUT2D eigenvalue weighted by Crippen LogP contribution is -2.52. The third kappa shape index (κ3) is 2.85. The summed E-state index contributed by atoms with van der Waals surface area (Å²) in [5.74, 6) is -2.62. The van der Waals surface area contributed by atoms with E-state index >= 15 is 0 Å². The molecule has 0 radical (unpaired) electrons. The second kappa shape index (κ2) is 5.54. The number of aliphatic carboxylic acids is 1. The van der Waals surface area contributed by atoms with E-state index in [0.717, 1.165) is 11.0 Å². The van der Waals surface area contributed by atoms with E-state index in [1.807, 2.05) is 0 Å². The SMILES string of the molecule is O=C(O)C1COCCN1C(=O)c1ccc(Cl)cc1F. The van der Waals surface area contributed by atoms with Crippen molar-refractivity contribution >= 4 is 23.5 Å². The van der Waals surface area contributed by atoms with Crippen LogP contribution in [-0.2, 0) is 9.53 Å². The number of hydrogen-bond acceptors (Lipinski definition) is 3. The summed E-state index contributed by atoms with van der Waals surface area (Å²) >= 11 is 5.61. The maximum Gasteiger partial charge on any atom is 0.328 e. The molecule has 0 saturated carbocycles. The molecule has 1 heterocycles. The van der Waals surface area contributed by atoms with Crippen LogP contribution in [0.3, 0.4) is 0 Å². The van der Waals surface area contributed by atoms with E-state index in [1.165, 1.54) is 12.1 Å². The summed E-state index contributed by atoms with van der Waals surface area (Å²) in [5, 5.41) is 9.20. The van der Waals surface area contributed by atoms with Crippen molar-refractivity contribution in [1.29, 1.82) is 0 Å². The molecule has 1 fully saturated rings. The molecule has 0 aromatic heterocycles. The topological polar surface area (TPSA) is 66.8 Å². The summed E-state index contributed by atoms with van der Waals surface area (Å²) in [6.45, 7) is 0.235. The van der Waals surface area contributed by atoms with Crippen LogP contribution in [0.5, 0.6) is 0 Å². The van der Waals surface area contributed by atoms with Crippen molar-refractivity contribution in [3.63, 3.8) is 0 Å². The van der Waals surface area contributed by atoms with Crippen LogP contribution in [0.15, 0.2) is 18.2 Å². The van der Waals surface area contributed by atoms with Crippen LogP contribution in [0.2, 0.25) is 5.02 Å². The molecule has 102 valence electrons. The molecule has 0 aliphatic carbocycles. The number of morpholine rings is 1. The molecule has 1 saturated heterocycles. The van der Waals surface area contributed by atoms with E-state index in [2.05, 4.69) is 0 Å². The molecule has 1 amide bonds. The van der Waals surface area contributed by atoms with Crippen LogP contribution in [0.25, 0.3) is 0 Å². The highest BCUT2D eigenvalue weighted by Gasteiger charge is 2.34. The van der Waals surface area contributed by atoms with Gasteiger partial charge in [0.2, 0.25) is 0 Å². The fraction of sp³-hybridized carbons (Fsp3) is 0.333. The number of hydrogen-bond donors (Lipinski definition) is 1. The first-order chi connectivity index (χ1) is 9.00. The molecule has 0 bridgehead atoms. The largest absolute Gasteiger partial charge is 0.480 e. The van der Waals surface area contributed by atoms with Crippen molar-refractivity contribution in [2.45, 2.75) is 6.04 Å². The molecule has 1 N–H and O–H groups in total. The quantitative estimate of drug-likeness (QED) is 0.893. The molecule has 1 aliphatic rings. The molecular formula is C12H11ClFNO4. The van der Waals surface area contributed by atoms with Gasteiger partial charge in [-0.3, -0.25) is 4.79 Å². The molecule has 5 nitrogen and oxygen atoms in total. The fourth-order valence-electron chi connectivity index (χ4n) is 1.87. The summed E-state index contributed by atoms with van der Waals surface area (Å²) in [6, 6.07) is 2.55. The molecule has 1 atom stereocenters. The van der Waals surface area contributed by atoms with Gasteiger partial charge in [0.05, 0.1) is 18.8 Å². The highest BCUT2D eigenvalue weighted by atomic mass is 35.5. The highest BCUT2D eigenvalue weighted by molar-refractivity contribution is 6.30. The molecule has 1 aromatic carbocycles. The Morgan fingerprint density at radius 2 is 2.21 bits per heavy atom. The Morgan fingerprint density at radius 3 is 2.84 bits per heavy atom. The number of carbonyl (C=O) groups is 2. The zero-order valence-electron chi connectivity index (χ0n) is 9.81. The molecule has 1 aliphatic heterocycles. The number of rotatable bonds is 2. The lowest BCUT2D eigenvalue weighted by atomic mass is 10.1. The number of halogens is 2. The first-order valence-electron chi connectivity index (χ1n) is 5.57. The van der Waals surface area contributed by atoms with Crippen LogP contribution in [0, 0.1) is 5.82 Å². The second-order valence-electron chi connectivity index (χ2n) is 4.05. The van der Waals surface area contributed by atoms with Crippen molar-refractivity contribution in [3.05, 3.63) is 34.6 Å². The normalized spacial score (nSPS) is 19.3. The average Bonchev–Trinajstić information content (AvgIpc) is 2.38. The maximum absolute atomic E-state index is 13.7. The van der Waals surface area contributed by atoms with Gasteiger partial charge in [-0.1, -0.05) is 11.6 Å². The lowest BCUT2D eigenvalue weighted by Gasteiger charge is -2.32. The van der Waals surface area contributed by atoms with E-state index in [1.54, 1.807) is 0 Å². The third-order valence-corrected chi connectivity index (χ3v) is 3.07. The zero-order chi connectivity index (χ0) is 14.0. The Labute approximate surface area is 113 Å². The number of carboxylic acids is 1. The van der Waals surface area contributed by atoms with Crippen LogP contribution in [0.4, 0.5) is 4.39 Å².